The highest BCUT2D eigenvalue weighted by atomic mass is 79.9. The minimum atomic E-state index is 0.167. The highest BCUT2D eigenvalue weighted by Gasteiger charge is 2.34. The second-order valence-electron chi connectivity index (χ2n) is 6.59. The van der Waals surface area contributed by atoms with E-state index < -0.39 is 0 Å². The second-order valence-corrected chi connectivity index (χ2v) is 7.44. The second kappa shape index (κ2) is 5.45. The Morgan fingerprint density at radius 1 is 1.37 bits per heavy atom. The van der Waals surface area contributed by atoms with Crippen LogP contribution in [0.4, 0.5) is 5.69 Å². The summed E-state index contributed by atoms with van der Waals surface area (Å²) in [6, 6.07) is 7.06. The van der Waals surface area contributed by atoms with Crippen molar-refractivity contribution in [3.8, 4) is 0 Å². The highest BCUT2D eigenvalue weighted by Crippen LogP contribution is 2.32. The molecule has 1 saturated heterocycles. The van der Waals surface area contributed by atoms with Gasteiger partial charge in [0, 0.05) is 34.8 Å². The molecule has 2 nitrogen and oxygen atoms in total. The highest BCUT2D eigenvalue weighted by molar-refractivity contribution is 9.10. The van der Waals surface area contributed by atoms with Crippen molar-refractivity contribution in [2.45, 2.75) is 46.2 Å². The molecule has 3 heteroatoms. The summed E-state index contributed by atoms with van der Waals surface area (Å²) in [5, 5.41) is 3.67. The summed E-state index contributed by atoms with van der Waals surface area (Å²) in [7, 11) is 0. The Bertz CT molecular complexity index is 454. The summed E-state index contributed by atoms with van der Waals surface area (Å²) in [5.74, 6) is 0.641. The molecule has 1 aliphatic heterocycles. The first kappa shape index (κ1) is 14.9. The van der Waals surface area contributed by atoms with Gasteiger partial charge in [-0.05, 0) is 44.4 Å². The van der Waals surface area contributed by atoms with E-state index in [9.17, 15) is 0 Å². The first-order valence-electron chi connectivity index (χ1n) is 7.08. The summed E-state index contributed by atoms with van der Waals surface area (Å²) in [6.07, 6.45) is 0. The molecule has 1 aromatic rings. The molecule has 19 heavy (non-hydrogen) atoms. The third kappa shape index (κ3) is 3.14. The van der Waals surface area contributed by atoms with E-state index in [2.05, 4.69) is 79.0 Å². The van der Waals surface area contributed by atoms with Crippen molar-refractivity contribution in [1.82, 2.24) is 5.32 Å². The van der Waals surface area contributed by atoms with Crippen LogP contribution in [0.2, 0.25) is 0 Å². The number of nitrogens with zero attached hydrogens (tertiary/aromatic N) is 1. The van der Waals surface area contributed by atoms with Crippen molar-refractivity contribution in [2.75, 3.05) is 18.0 Å². The third-order valence-electron chi connectivity index (χ3n) is 4.07. The van der Waals surface area contributed by atoms with Crippen LogP contribution in [0.25, 0.3) is 0 Å². The SMILES string of the molecule is Cc1c(Br)cccc1N1CC(C)(C)NCC1C(C)C. The number of anilines is 1. The Kier molecular flexibility index (Phi) is 4.26. The summed E-state index contributed by atoms with van der Waals surface area (Å²) in [4.78, 5) is 2.58. The minimum absolute atomic E-state index is 0.167. The van der Waals surface area contributed by atoms with Gasteiger partial charge in [-0.15, -0.1) is 0 Å². The molecule has 1 unspecified atom stereocenters. The van der Waals surface area contributed by atoms with Crippen molar-refractivity contribution >= 4 is 21.6 Å². The number of halogens is 1. The summed E-state index contributed by atoms with van der Waals surface area (Å²) in [6.45, 7) is 13.5. The van der Waals surface area contributed by atoms with E-state index >= 15 is 0 Å². The largest absolute Gasteiger partial charge is 0.365 e. The van der Waals surface area contributed by atoms with E-state index in [-0.39, 0.29) is 5.54 Å². The Balaban J connectivity index is 2.39. The van der Waals surface area contributed by atoms with Crippen LogP contribution in [-0.4, -0.2) is 24.7 Å². The first-order valence-corrected chi connectivity index (χ1v) is 7.88. The van der Waals surface area contributed by atoms with Crippen LogP contribution in [0.5, 0.6) is 0 Å². The average Bonchev–Trinajstić information content (AvgIpc) is 2.31. The van der Waals surface area contributed by atoms with Crippen molar-refractivity contribution < 1.29 is 0 Å². The predicted octanol–water partition coefficient (Wildman–Crippen LogP) is 3.97. The molecule has 0 spiro atoms. The van der Waals surface area contributed by atoms with Gasteiger partial charge < -0.3 is 10.2 Å². The zero-order valence-electron chi connectivity index (χ0n) is 12.6. The van der Waals surface area contributed by atoms with E-state index in [0.29, 0.717) is 12.0 Å². The quantitative estimate of drug-likeness (QED) is 0.885. The molecule has 1 fully saturated rings. The fraction of sp³-hybridized carbons (Fsp3) is 0.625. The van der Waals surface area contributed by atoms with E-state index in [4.69, 9.17) is 0 Å². The van der Waals surface area contributed by atoms with Crippen LogP contribution in [0.3, 0.4) is 0 Å². The normalized spacial score (nSPS) is 22.9. The van der Waals surface area contributed by atoms with Crippen LogP contribution < -0.4 is 10.2 Å². The zero-order valence-corrected chi connectivity index (χ0v) is 14.2. The maximum Gasteiger partial charge on any atom is 0.0438 e. The fourth-order valence-electron chi connectivity index (χ4n) is 2.86. The molecule has 0 aliphatic carbocycles. The lowest BCUT2D eigenvalue weighted by Gasteiger charge is -2.48. The lowest BCUT2D eigenvalue weighted by molar-refractivity contribution is 0.277. The molecule has 1 heterocycles. The predicted molar refractivity (Wildman–Crippen MR) is 86.9 cm³/mol. The number of rotatable bonds is 2. The van der Waals surface area contributed by atoms with E-state index in [0.717, 1.165) is 13.1 Å². The van der Waals surface area contributed by atoms with E-state index in [1.165, 1.54) is 15.7 Å². The van der Waals surface area contributed by atoms with Gasteiger partial charge in [0.2, 0.25) is 0 Å². The van der Waals surface area contributed by atoms with E-state index in [1.807, 2.05) is 0 Å². The lowest BCUT2D eigenvalue weighted by Crippen LogP contribution is -2.63. The van der Waals surface area contributed by atoms with Crippen LogP contribution >= 0.6 is 15.9 Å². The van der Waals surface area contributed by atoms with Crippen LogP contribution in [0.1, 0.15) is 33.3 Å². The van der Waals surface area contributed by atoms with Crippen molar-refractivity contribution in [2.24, 2.45) is 5.92 Å². The lowest BCUT2D eigenvalue weighted by atomic mass is 9.92. The Hall–Kier alpha value is -0.540. The standard InChI is InChI=1S/C16H25BrN2/c1-11(2)15-9-18-16(4,5)10-19(15)14-8-6-7-13(17)12(14)3/h6-8,11,15,18H,9-10H2,1-5H3. The summed E-state index contributed by atoms with van der Waals surface area (Å²) < 4.78 is 1.20. The maximum absolute atomic E-state index is 3.67. The number of hydrogen-bond donors (Lipinski definition) is 1. The Morgan fingerprint density at radius 2 is 2.05 bits per heavy atom. The molecule has 1 atom stereocenters. The summed E-state index contributed by atoms with van der Waals surface area (Å²) in [5.41, 5.74) is 2.87. The number of nitrogens with one attached hydrogen (secondary N) is 1. The molecule has 1 aliphatic rings. The van der Waals surface area contributed by atoms with Gasteiger partial charge in [0.1, 0.15) is 0 Å². The molecule has 0 saturated carbocycles. The number of hydrogen-bond acceptors (Lipinski definition) is 2. The molecule has 0 amide bonds. The van der Waals surface area contributed by atoms with Gasteiger partial charge in [-0.3, -0.25) is 0 Å². The van der Waals surface area contributed by atoms with Crippen molar-refractivity contribution in [3.63, 3.8) is 0 Å². The molecular formula is C16H25BrN2. The molecule has 0 aromatic heterocycles. The average molecular weight is 325 g/mol. The fourth-order valence-corrected chi connectivity index (χ4v) is 3.21. The van der Waals surface area contributed by atoms with Crippen molar-refractivity contribution in [3.05, 3.63) is 28.2 Å². The van der Waals surface area contributed by atoms with Crippen molar-refractivity contribution in [1.29, 1.82) is 0 Å². The van der Waals surface area contributed by atoms with Crippen LogP contribution in [0.15, 0.2) is 22.7 Å². The Labute approximate surface area is 125 Å². The van der Waals surface area contributed by atoms with Gasteiger partial charge in [0.25, 0.3) is 0 Å². The van der Waals surface area contributed by atoms with Gasteiger partial charge in [-0.2, -0.15) is 0 Å². The molecule has 0 bridgehead atoms. The number of piperazine rings is 1. The zero-order chi connectivity index (χ0) is 14.2. The van der Waals surface area contributed by atoms with Crippen LogP contribution in [-0.2, 0) is 0 Å². The topological polar surface area (TPSA) is 15.3 Å². The minimum Gasteiger partial charge on any atom is -0.365 e. The van der Waals surface area contributed by atoms with Gasteiger partial charge >= 0.3 is 0 Å². The third-order valence-corrected chi connectivity index (χ3v) is 4.93. The van der Waals surface area contributed by atoms with Gasteiger partial charge in [0.15, 0.2) is 0 Å². The molecule has 2 rings (SSSR count). The summed E-state index contributed by atoms with van der Waals surface area (Å²) >= 11 is 3.66. The molecule has 106 valence electrons. The van der Waals surface area contributed by atoms with Gasteiger partial charge in [-0.25, -0.2) is 0 Å². The Morgan fingerprint density at radius 3 is 2.68 bits per heavy atom. The van der Waals surface area contributed by atoms with E-state index in [1.54, 1.807) is 0 Å². The maximum atomic E-state index is 3.67. The number of benzene rings is 1. The molecule has 0 radical (unpaired) electrons. The van der Waals surface area contributed by atoms with Crippen LogP contribution in [0, 0.1) is 12.8 Å². The monoisotopic (exact) mass is 324 g/mol. The first-order chi connectivity index (χ1) is 8.82. The van der Waals surface area contributed by atoms with Gasteiger partial charge in [-0.1, -0.05) is 35.8 Å². The smallest absolute Gasteiger partial charge is 0.0438 e. The van der Waals surface area contributed by atoms with Gasteiger partial charge in [0.05, 0.1) is 0 Å². The molecule has 1 N–H and O–H groups in total. The molecule has 1 aromatic carbocycles. The molecular weight excluding hydrogens is 300 g/mol.